The molecule has 0 bridgehead atoms. The number of alkyl halides is 3. The Bertz CT molecular complexity index is 1060. The minimum absolute atomic E-state index is 0.0730. The molecule has 2 saturated heterocycles. The number of rotatable bonds is 5. The number of amides is 1. The van der Waals surface area contributed by atoms with Crippen LogP contribution in [0.25, 0.3) is 5.69 Å². The molecule has 3 fully saturated rings. The SMILES string of the molecule is Cc1nn(-c2cccc(OC(F)(F)F)c2)c(C2CC2)c1C(=O)N1CC[C@H](O)[C@@H](N2CCCC2)C1. The fourth-order valence-electron chi connectivity index (χ4n) is 5.25. The predicted octanol–water partition coefficient (Wildman–Crippen LogP) is 3.63. The highest BCUT2D eigenvalue weighted by molar-refractivity contribution is 5.97. The van der Waals surface area contributed by atoms with Crippen molar-refractivity contribution in [3.8, 4) is 11.4 Å². The number of piperidine rings is 1. The summed E-state index contributed by atoms with van der Waals surface area (Å²) in [5, 5.41) is 15.2. The third kappa shape index (κ3) is 4.65. The predicted molar refractivity (Wildman–Crippen MR) is 118 cm³/mol. The van der Waals surface area contributed by atoms with E-state index in [1.807, 2.05) is 0 Å². The molecular weight excluding hydrogens is 449 g/mol. The summed E-state index contributed by atoms with van der Waals surface area (Å²) in [7, 11) is 0. The third-order valence-electron chi connectivity index (χ3n) is 7.01. The number of aromatic nitrogens is 2. The van der Waals surface area contributed by atoms with Crippen molar-refractivity contribution in [3.05, 3.63) is 41.2 Å². The van der Waals surface area contributed by atoms with Gasteiger partial charge in [-0.15, -0.1) is 13.2 Å². The first kappa shape index (κ1) is 23.2. The van der Waals surface area contributed by atoms with E-state index in [0.717, 1.165) is 44.5 Å². The zero-order valence-electron chi connectivity index (χ0n) is 19.1. The zero-order chi connectivity index (χ0) is 24.0. The molecule has 1 saturated carbocycles. The van der Waals surface area contributed by atoms with E-state index in [1.165, 1.54) is 18.2 Å². The number of aryl methyl sites for hydroxylation is 1. The van der Waals surface area contributed by atoms with Gasteiger partial charge in [-0.25, -0.2) is 4.68 Å². The zero-order valence-corrected chi connectivity index (χ0v) is 19.1. The molecular formula is C24H29F3N4O3. The quantitative estimate of drug-likeness (QED) is 0.711. The van der Waals surface area contributed by atoms with Gasteiger partial charge in [0.1, 0.15) is 5.75 Å². The Morgan fingerprint density at radius 3 is 2.56 bits per heavy atom. The summed E-state index contributed by atoms with van der Waals surface area (Å²) in [6.07, 6.45) is -0.707. The highest BCUT2D eigenvalue weighted by atomic mass is 19.4. The molecule has 184 valence electrons. The van der Waals surface area contributed by atoms with E-state index in [0.29, 0.717) is 36.5 Å². The van der Waals surface area contributed by atoms with E-state index in [4.69, 9.17) is 0 Å². The van der Waals surface area contributed by atoms with Crippen LogP contribution in [0.5, 0.6) is 5.75 Å². The Labute approximate surface area is 196 Å². The molecule has 1 aliphatic carbocycles. The molecule has 0 unspecified atom stereocenters. The van der Waals surface area contributed by atoms with Crippen LogP contribution in [0.15, 0.2) is 24.3 Å². The van der Waals surface area contributed by atoms with Crippen LogP contribution >= 0.6 is 0 Å². The molecule has 0 spiro atoms. The van der Waals surface area contributed by atoms with Crippen molar-refractivity contribution < 1.29 is 27.8 Å². The van der Waals surface area contributed by atoms with Crippen molar-refractivity contribution in [3.63, 3.8) is 0 Å². The number of nitrogens with zero attached hydrogens (tertiary/aromatic N) is 4. The maximum Gasteiger partial charge on any atom is 0.573 e. The van der Waals surface area contributed by atoms with Crippen LogP contribution in [-0.4, -0.2) is 75.3 Å². The molecule has 2 aromatic rings. The number of hydrogen-bond acceptors (Lipinski definition) is 5. The monoisotopic (exact) mass is 478 g/mol. The molecule has 5 rings (SSSR count). The van der Waals surface area contributed by atoms with E-state index in [-0.39, 0.29) is 23.6 Å². The average Bonchev–Trinajstić information content (AvgIpc) is 3.35. The second kappa shape index (κ2) is 8.88. The Kier molecular flexibility index (Phi) is 6.05. The molecule has 3 heterocycles. The number of ether oxygens (including phenoxy) is 1. The second-order valence-electron chi connectivity index (χ2n) is 9.49. The highest BCUT2D eigenvalue weighted by Crippen LogP contribution is 2.44. The van der Waals surface area contributed by atoms with Crippen molar-refractivity contribution in [1.29, 1.82) is 0 Å². The van der Waals surface area contributed by atoms with Crippen molar-refractivity contribution in [2.45, 2.75) is 63.5 Å². The fourth-order valence-corrected chi connectivity index (χ4v) is 5.25. The van der Waals surface area contributed by atoms with Crippen LogP contribution in [0.4, 0.5) is 13.2 Å². The first-order chi connectivity index (χ1) is 16.2. The van der Waals surface area contributed by atoms with Crippen molar-refractivity contribution in [2.24, 2.45) is 0 Å². The molecule has 10 heteroatoms. The number of aliphatic hydroxyl groups excluding tert-OH is 1. The number of likely N-dealkylation sites (tertiary alicyclic amines) is 2. The van der Waals surface area contributed by atoms with Gasteiger partial charge in [0.05, 0.1) is 34.8 Å². The molecule has 1 amide bonds. The lowest BCUT2D eigenvalue weighted by atomic mass is 9.99. The van der Waals surface area contributed by atoms with Crippen LogP contribution in [0.1, 0.15) is 59.8 Å². The largest absolute Gasteiger partial charge is 0.573 e. The maximum atomic E-state index is 13.7. The number of carbonyl (C=O) groups is 1. The number of aliphatic hydroxyl groups is 1. The van der Waals surface area contributed by atoms with Crippen LogP contribution in [0.2, 0.25) is 0 Å². The van der Waals surface area contributed by atoms with E-state index >= 15 is 0 Å². The molecule has 34 heavy (non-hydrogen) atoms. The first-order valence-electron chi connectivity index (χ1n) is 11.9. The molecule has 7 nitrogen and oxygen atoms in total. The number of halogens is 3. The van der Waals surface area contributed by atoms with Gasteiger partial charge in [0.15, 0.2) is 0 Å². The van der Waals surface area contributed by atoms with Crippen molar-refractivity contribution in [1.82, 2.24) is 19.6 Å². The van der Waals surface area contributed by atoms with Crippen LogP contribution in [-0.2, 0) is 0 Å². The summed E-state index contributed by atoms with van der Waals surface area (Å²) in [6, 6.07) is 5.61. The lowest BCUT2D eigenvalue weighted by Gasteiger charge is -2.40. The Morgan fingerprint density at radius 1 is 1.15 bits per heavy atom. The normalized spacial score (nSPS) is 24.0. The van der Waals surface area contributed by atoms with Crippen molar-refractivity contribution >= 4 is 5.91 Å². The number of carbonyl (C=O) groups excluding carboxylic acids is 1. The molecule has 2 atom stereocenters. The topological polar surface area (TPSA) is 70.8 Å². The Hall–Kier alpha value is -2.59. The molecule has 2 aliphatic heterocycles. The van der Waals surface area contributed by atoms with Crippen LogP contribution < -0.4 is 4.74 Å². The van der Waals surface area contributed by atoms with Crippen LogP contribution in [0, 0.1) is 6.92 Å². The summed E-state index contributed by atoms with van der Waals surface area (Å²) in [6.45, 7) is 4.56. The lowest BCUT2D eigenvalue weighted by Crippen LogP contribution is -2.55. The van der Waals surface area contributed by atoms with Gasteiger partial charge in [0.25, 0.3) is 5.91 Å². The standard InChI is InChI=1S/C24H29F3N4O3/c1-15-21(23(33)30-12-9-20(32)19(14-30)29-10-2-3-11-29)22(16-7-8-16)31(28-15)17-5-4-6-18(13-17)34-24(25,26)27/h4-6,13,16,19-20,32H,2-3,7-12,14H2,1H3/t19-,20-/m0/s1. The summed E-state index contributed by atoms with van der Waals surface area (Å²) < 4.78 is 43.9. The van der Waals surface area contributed by atoms with Gasteiger partial charge < -0.3 is 14.7 Å². The lowest BCUT2D eigenvalue weighted by molar-refractivity contribution is -0.274. The maximum absolute atomic E-state index is 13.7. The minimum Gasteiger partial charge on any atom is -0.406 e. The van der Waals surface area contributed by atoms with Gasteiger partial charge in [0.2, 0.25) is 0 Å². The molecule has 1 aromatic carbocycles. The Morgan fingerprint density at radius 2 is 1.88 bits per heavy atom. The number of benzene rings is 1. The highest BCUT2D eigenvalue weighted by Gasteiger charge is 2.40. The smallest absolute Gasteiger partial charge is 0.406 e. The van der Waals surface area contributed by atoms with Crippen LogP contribution in [0.3, 0.4) is 0 Å². The van der Waals surface area contributed by atoms with E-state index in [9.17, 15) is 23.1 Å². The second-order valence-corrected chi connectivity index (χ2v) is 9.49. The Balaban J connectivity index is 1.45. The van der Waals surface area contributed by atoms with Gasteiger partial charge in [-0.1, -0.05) is 6.07 Å². The van der Waals surface area contributed by atoms with Crippen molar-refractivity contribution in [2.75, 3.05) is 26.2 Å². The van der Waals surface area contributed by atoms with Gasteiger partial charge in [0, 0.05) is 25.1 Å². The van der Waals surface area contributed by atoms with Gasteiger partial charge in [-0.3, -0.25) is 9.69 Å². The fraction of sp³-hybridized carbons (Fsp3) is 0.583. The van der Waals surface area contributed by atoms with E-state index in [2.05, 4.69) is 14.7 Å². The third-order valence-corrected chi connectivity index (χ3v) is 7.01. The first-order valence-corrected chi connectivity index (χ1v) is 11.9. The minimum atomic E-state index is -4.79. The summed E-state index contributed by atoms with van der Waals surface area (Å²) in [4.78, 5) is 17.8. The van der Waals surface area contributed by atoms with Gasteiger partial charge >= 0.3 is 6.36 Å². The summed E-state index contributed by atoms with van der Waals surface area (Å²) >= 11 is 0. The number of hydrogen-bond donors (Lipinski definition) is 1. The summed E-state index contributed by atoms with van der Waals surface area (Å²) in [5.41, 5.74) is 2.25. The average molecular weight is 479 g/mol. The van der Waals surface area contributed by atoms with E-state index in [1.54, 1.807) is 22.6 Å². The van der Waals surface area contributed by atoms with Gasteiger partial charge in [-0.05, 0) is 64.3 Å². The molecule has 1 aromatic heterocycles. The van der Waals surface area contributed by atoms with Gasteiger partial charge in [-0.2, -0.15) is 5.10 Å². The molecule has 3 aliphatic rings. The van der Waals surface area contributed by atoms with E-state index < -0.39 is 12.5 Å². The summed E-state index contributed by atoms with van der Waals surface area (Å²) in [5.74, 6) is -0.312. The molecule has 1 N–H and O–H groups in total. The molecule has 0 radical (unpaired) electrons.